The van der Waals surface area contributed by atoms with Gasteiger partial charge in [0, 0.05) is 106 Å². The zero-order chi connectivity index (χ0) is 69.1. The highest BCUT2D eigenvalue weighted by Crippen LogP contribution is 2.30. The third-order valence-corrected chi connectivity index (χ3v) is 18.9. The number of nitrogens with zero attached hydrogens (tertiary/aromatic N) is 1. The Morgan fingerprint density at radius 1 is 0.685 bits per heavy atom. The Morgan fingerprint density at radius 3 is 1.90 bits per heavy atom. The van der Waals surface area contributed by atoms with Gasteiger partial charge in [0.25, 0.3) is 0 Å². The molecule has 0 aromatic rings. The number of allylic oxidation sites excluding steroid dienone is 2. The predicted octanol–water partition coefficient (Wildman–Crippen LogP) is -0.495. The van der Waals surface area contributed by atoms with E-state index in [-0.39, 0.29) is 61.5 Å². The van der Waals surface area contributed by atoms with Crippen LogP contribution in [-0.4, -0.2) is 272 Å². The Bertz CT molecular complexity index is 2240. The van der Waals surface area contributed by atoms with Crippen molar-refractivity contribution in [3.63, 3.8) is 0 Å². The molecule has 25 heteroatoms. The highest BCUT2D eigenvalue weighted by Gasteiger charge is 2.46. The molecule has 0 aromatic carbocycles. The van der Waals surface area contributed by atoms with Crippen LogP contribution in [0.3, 0.4) is 0 Å². The smallest absolute Gasteiger partial charge is 0.333 e. The summed E-state index contributed by atoms with van der Waals surface area (Å²) in [6.45, 7) is 18.7. The first kappa shape index (κ1) is 83.0. The first-order chi connectivity index (χ1) is 43.3. The number of carbonyl (C=O) groups is 2. The Kier molecular flexibility index (Phi) is 38.3. The fourth-order valence-electron chi connectivity index (χ4n) is 11.9. The van der Waals surface area contributed by atoms with Gasteiger partial charge >= 0.3 is 5.97 Å². The third-order valence-electron chi connectivity index (χ3n) is 18.9. The number of amides is 1. The second-order valence-corrected chi connectivity index (χ2v) is 26.7. The molecule has 3 aliphatic heterocycles. The van der Waals surface area contributed by atoms with Crippen molar-refractivity contribution in [2.24, 2.45) is 41.4 Å². The van der Waals surface area contributed by atoms with Gasteiger partial charge in [-0.05, 0) is 76.7 Å². The van der Waals surface area contributed by atoms with Crippen LogP contribution in [0, 0.1) is 41.4 Å². The summed E-state index contributed by atoms with van der Waals surface area (Å²) >= 11 is 0. The van der Waals surface area contributed by atoms with Gasteiger partial charge in [0.15, 0.2) is 6.29 Å². The van der Waals surface area contributed by atoms with E-state index in [4.69, 9.17) is 14.2 Å². The van der Waals surface area contributed by atoms with Crippen LogP contribution >= 0.6 is 0 Å². The number of carbonyl (C=O) groups excluding carboxylic acids is 2. The number of hydrogen-bond donors (Lipinski definition) is 19. The number of nitrogens with one attached hydrogen (secondary N) is 2. The van der Waals surface area contributed by atoms with Crippen LogP contribution in [-0.2, 0) is 23.8 Å². The molecule has 0 aromatic heterocycles. The minimum absolute atomic E-state index is 0.0207. The number of rotatable bonds is 11. The average Bonchev–Trinajstić information content (AvgIpc) is 0.876. The molecular weight excluding hydrogens is 1200 g/mol. The molecule has 3 aliphatic rings. The SMILES string of the molecule is C/C1=C\CCC(C)C(O)C(C)C(O)CC/C=C/C(C)C(O)/C=C/C(C)C(O)/C(C)=C/C(O[C@H]2O[C@H](CO)[C@@H](O)[C@H](O)[C@@H]2O)C(O)CC(O)CC(O)CC(O)C(C)C(O)C(C)C(O)CC(O)CC(O)/C=C/CC(C(C)C(O)CCC(=O)NCCN2CCNCC2)OC1=O. The number of piperazine rings is 1. The molecule has 3 rings (SSSR count). The lowest BCUT2D eigenvalue weighted by atomic mass is 9.82. The maximum absolute atomic E-state index is 13.7. The van der Waals surface area contributed by atoms with Crippen LogP contribution in [0.1, 0.15) is 139 Å². The van der Waals surface area contributed by atoms with E-state index in [1.807, 2.05) is 13.0 Å². The normalized spacial score (nSPS) is 42.2. The van der Waals surface area contributed by atoms with Gasteiger partial charge < -0.3 is 112 Å². The molecule has 0 bridgehead atoms. The van der Waals surface area contributed by atoms with Crippen molar-refractivity contribution in [3.05, 3.63) is 59.8 Å². The maximum Gasteiger partial charge on any atom is 0.333 e. The quantitative estimate of drug-likeness (QED) is 0.0916. The van der Waals surface area contributed by atoms with Crippen molar-refractivity contribution in [2.45, 2.75) is 262 Å². The minimum Gasteiger partial charge on any atom is -0.458 e. The first-order valence-electron chi connectivity index (χ1n) is 33.4. The topological polar surface area (TPSA) is 433 Å². The molecule has 3 heterocycles. The summed E-state index contributed by atoms with van der Waals surface area (Å²) in [6.07, 6.45) is -15.0. The molecule has 0 radical (unpaired) electrons. The summed E-state index contributed by atoms with van der Waals surface area (Å²) < 4.78 is 17.5. The van der Waals surface area contributed by atoms with E-state index >= 15 is 0 Å². The molecule has 0 spiro atoms. The molecule has 534 valence electrons. The lowest BCUT2D eigenvalue weighted by molar-refractivity contribution is -0.313. The maximum atomic E-state index is 13.7. The number of aliphatic hydroxyl groups is 17. The summed E-state index contributed by atoms with van der Waals surface area (Å²) in [5.74, 6) is -5.39. The van der Waals surface area contributed by atoms with Crippen LogP contribution in [0.4, 0.5) is 0 Å². The Hall–Kier alpha value is -3.20. The van der Waals surface area contributed by atoms with E-state index in [0.717, 1.165) is 26.2 Å². The van der Waals surface area contributed by atoms with E-state index in [2.05, 4.69) is 15.5 Å². The molecule has 92 heavy (non-hydrogen) atoms. The van der Waals surface area contributed by atoms with Gasteiger partial charge in [-0.15, -0.1) is 0 Å². The van der Waals surface area contributed by atoms with Crippen LogP contribution < -0.4 is 10.6 Å². The third kappa shape index (κ3) is 28.5. The molecule has 22 unspecified atom stereocenters. The van der Waals surface area contributed by atoms with Crippen LogP contribution in [0.5, 0.6) is 0 Å². The van der Waals surface area contributed by atoms with E-state index < -0.39 is 183 Å². The highest BCUT2D eigenvalue weighted by atomic mass is 16.7. The summed E-state index contributed by atoms with van der Waals surface area (Å²) in [4.78, 5) is 28.7. The Labute approximate surface area is 544 Å². The number of aliphatic hydroxyl groups excluding tert-OH is 17. The van der Waals surface area contributed by atoms with Crippen LogP contribution in [0.15, 0.2) is 59.8 Å². The fourth-order valence-corrected chi connectivity index (χ4v) is 11.9. The lowest BCUT2D eigenvalue weighted by Crippen LogP contribution is -2.60. The fraction of sp³-hybridized carbons (Fsp3) is 0.821. The summed E-state index contributed by atoms with van der Waals surface area (Å²) in [6, 6.07) is 0. The van der Waals surface area contributed by atoms with Crippen LogP contribution in [0.25, 0.3) is 0 Å². The van der Waals surface area contributed by atoms with E-state index in [9.17, 15) is 96.4 Å². The average molecular weight is 1320 g/mol. The minimum atomic E-state index is -1.89. The summed E-state index contributed by atoms with van der Waals surface area (Å²) in [7, 11) is 0. The molecule has 0 saturated carbocycles. The second-order valence-electron chi connectivity index (χ2n) is 26.7. The molecule has 1 amide bonds. The molecular formula is C67H119N3O22. The summed E-state index contributed by atoms with van der Waals surface area (Å²) in [5.41, 5.74) is 0.489. The molecule has 27 atom stereocenters. The largest absolute Gasteiger partial charge is 0.458 e. The highest BCUT2D eigenvalue weighted by molar-refractivity contribution is 5.87. The molecule has 25 nitrogen and oxygen atoms in total. The van der Waals surface area contributed by atoms with Gasteiger partial charge in [0.2, 0.25) is 5.91 Å². The number of esters is 1. The van der Waals surface area contributed by atoms with Crippen molar-refractivity contribution >= 4 is 11.9 Å². The van der Waals surface area contributed by atoms with Crippen molar-refractivity contribution in [1.29, 1.82) is 0 Å². The predicted molar refractivity (Wildman–Crippen MR) is 343 cm³/mol. The second kappa shape index (κ2) is 42.5. The zero-order valence-corrected chi connectivity index (χ0v) is 55.7. The van der Waals surface area contributed by atoms with Crippen molar-refractivity contribution in [3.8, 4) is 0 Å². The van der Waals surface area contributed by atoms with Gasteiger partial charge in [-0.1, -0.05) is 97.1 Å². The van der Waals surface area contributed by atoms with Gasteiger partial charge in [-0.25, -0.2) is 4.79 Å². The monoisotopic (exact) mass is 1320 g/mol. The van der Waals surface area contributed by atoms with Gasteiger partial charge in [0.05, 0.1) is 86.0 Å². The van der Waals surface area contributed by atoms with Gasteiger partial charge in [-0.3, -0.25) is 9.69 Å². The number of cyclic esters (lactones) is 1. The molecule has 0 aliphatic carbocycles. The van der Waals surface area contributed by atoms with Crippen molar-refractivity contribution < 1.29 is 111 Å². The molecule has 19 N–H and O–H groups in total. The first-order valence-corrected chi connectivity index (χ1v) is 33.4. The van der Waals surface area contributed by atoms with Crippen molar-refractivity contribution in [2.75, 3.05) is 45.9 Å². The zero-order valence-electron chi connectivity index (χ0n) is 55.7. The Morgan fingerprint density at radius 2 is 1.28 bits per heavy atom. The van der Waals surface area contributed by atoms with Crippen LogP contribution in [0.2, 0.25) is 0 Å². The molecule has 2 saturated heterocycles. The van der Waals surface area contributed by atoms with E-state index in [0.29, 0.717) is 38.8 Å². The number of ether oxygens (including phenoxy) is 3. The number of hydrogen-bond acceptors (Lipinski definition) is 24. The standard InChI is InChI=1S/C67H119N3O22/c1-37-14-10-11-18-51(77)43(7)61(84)38(2)15-12-16-40(4)66(89)90-56(42(6)52(78)22-23-59(82)69-26-29-70-27-24-68-25-28-70)19-13-17-46(72)31-47(73)33-53(79)44(8)62(85)45(9)54(80)34-48(74)32-49(75)35-55(81)57(30-41(5)60(83)39(3)20-21-50(37)76)91-67-65(88)64(87)63(86)58(36-71)92-67/h10,13-14,16-17,20-21,30,37-39,42-58,60-65,67-68,71-81,83-88H,11-12,15,18-19,22-29,31-36H2,1-9H3,(H,69,82)/b14-10+,17-13+,21-20+,40-16+,41-30+/t37?,38?,39?,42?,43?,44?,45?,46?,47?,48?,49?,50?,51?,52?,53?,54?,55?,56?,57?,58-,60?,61?,62?,63-,64+,65+,67+/m1/s1. The van der Waals surface area contributed by atoms with Gasteiger partial charge in [0.1, 0.15) is 36.6 Å². The van der Waals surface area contributed by atoms with Crippen molar-refractivity contribution in [1.82, 2.24) is 15.5 Å². The van der Waals surface area contributed by atoms with Gasteiger partial charge in [-0.2, -0.15) is 0 Å². The Balaban J connectivity index is 1.87. The lowest BCUT2D eigenvalue weighted by Gasteiger charge is -2.41. The summed E-state index contributed by atoms with van der Waals surface area (Å²) in [5, 5.41) is 194. The van der Waals surface area contributed by atoms with E-state index in [1.165, 1.54) is 39.0 Å². The molecule has 2 fully saturated rings. The van der Waals surface area contributed by atoms with E-state index in [1.54, 1.807) is 58.9 Å².